The highest BCUT2D eigenvalue weighted by Gasteiger charge is 2.14. The molecule has 3 aromatic rings. The van der Waals surface area contributed by atoms with Crippen molar-refractivity contribution >= 4 is 16.8 Å². The molecular formula is C17H18N4O3. The number of carbonyl (C=O) groups is 1. The first-order valence-electron chi connectivity index (χ1n) is 7.72. The van der Waals surface area contributed by atoms with Gasteiger partial charge >= 0.3 is 0 Å². The molecule has 3 rings (SSSR count). The molecule has 7 heteroatoms. The van der Waals surface area contributed by atoms with Crippen LogP contribution in [0.2, 0.25) is 0 Å². The van der Waals surface area contributed by atoms with Crippen molar-refractivity contribution in [1.82, 2.24) is 19.7 Å². The van der Waals surface area contributed by atoms with Crippen LogP contribution < -0.4 is 5.43 Å². The predicted octanol–water partition coefficient (Wildman–Crippen LogP) is 1.61. The zero-order chi connectivity index (χ0) is 17.1. The number of carbonyl (C=O) groups excluding carboxylic acids is 1. The second-order valence-corrected chi connectivity index (χ2v) is 5.52. The number of aryl methyl sites for hydroxylation is 1. The summed E-state index contributed by atoms with van der Waals surface area (Å²) in [5, 5.41) is 8.40. The van der Waals surface area contributed by atoms with E-state index in [1.165, 1.54) is 11.0 Å². The van der Waals surface area contributed by atoms with E-state index in [-0.39, 0.29) is 24.4 Å². The Morgan fingerprint density at radius 1 is 1.21 bits per heavy atom. The molecule has 0 aliphatic rings. The van der Waals surface area contributed by atoms with Crippen LogP contribution in [-0.2, 0) is 24.3 Å². The summed E-state index contributed by atoms with van der Waals surface area (Å²) >= 11 is 0. The minimum absolute atomic E-state index is 0.0550. The Labute approximate surface area is 138 Å². The van der Waals surface area contributed by atoms with Gasteiger partial charge in [0.25, 0.3) is 0 Å². The number of aromatic nitrogens is 3. The average Bonchev–Trinajstić information content (AvgIpc) is 3.05. The number of amides is 1. The Kier molecular flexibility index (Phi) is 4.41. The molecule has 124 valence electrons. The minimum Gasteiger partial charge on any atom is -0.423 e. The quantitative estimate of drug-likeness (QED) is 0.711. The lowest BCUT2D eigenvalue weighted by atomic mass is 10.2. The molecule has 0 aliphatic heterocycles. The van der Waals surface area contributed by atoms with E-state index in [2.05, 4.69) is 10.2 Å². The third-order valence-electron chi connectivity index (χ3n) is 3.80. The smallest absolute Gasteiger partial charge is 0.242 e. The van der Waals surface area contributed by atoms with Crippen LogP contribution in [0.15, 0.2) is 45.7 Å². The van der Waals surface area contributed by atoms with Crippen molar-refractivity contribution in [3.8, 4) is 0 Å². The average molecular weight is 326 g/mol. The Morgan fingerprint density at radius 3 is 2.71 bits per heavy atom. The molecule has 1 amide bonds. The van der Waals surface area contributed by atoms with Gasteiger partial charge in [0.15, 0.2) is 5.43 Å². The number of likely N-dealkylation sites (N-methyl/N-ethyl adjacent to an activating group) is 1. The number of pyridine rings is 1. The van der Waals surface area contributed by atoms with Crippen molar-refractivity contribution in [1.29, 1.82) is 0 Å². The molecule has 2 heterocycles. The summed E-state index contributed by atoms with van der Waals surface area (Å²) in [7, 11) is 1.68. The fraction of sp³-hybridized carbons (Fsp3) is 0.294. The van der Waals surface area contributed by atoms with E-state index in [1.54, 1.807) is 23.9 Å². The van der Waals surface area contributed by atoms with Gasteiger partial charge in [-0.1, -0.05) is 19.1 Å². The number of benzene rings is 1. The van der Waals surface area contributed by atoms with E-state index < -0.39 is 0 Å². The van der Waals surface area contributed by atoms with E-state index in [1.807, 2.05) is 25.1 Å². The van der Waals surface area contributed by atoms with Gasteiger partial charge in [0, 0.05) is 31.1 Å². The Morgan fingerprint density at radius 2 is 1.96 bits per heavy atom. The lowest BCUT2D eigenvalue weighted by Gasteiger charge is -2.17. The number of rotatable bonds is 5. The Bertz CT molecular complexity index is 929. The molecule has 0 bridgehead atoms. The van der Waals surface area contributed by atoms with Crippen molar-refractivity contribution < 1.29 is 9.21 Å². The molecule has 1 aromatic carbocycles. The van der Waals surface area contributed by atoms with Gasteiger partial charge in [0.1, 0.15) is 6.54 Å². The van der Waals surface area contributed by atoms with Crippen molar-refractivity contribution in [2.45, 2.75) is 26.4 Å². The molecule has 2 aromatic heterocycles. The van der Waals surface area contributed by atoms with Crippen LogP contribution in [0.4, 0.5) is 0 Å². The van der Waals surface area contributed by atoms with E-state index >= 15 is 0 Å². The number of hydrogen-bond acceptors (Lipinski definition) is 5. The topological polar surface area (TPSA) is 81.2 Å². The van der Waals surface area contributed by atoms with Crippen LogP contribution in [0.3, 0.4) is 0 Å². The third kappa shape index (κ3) is 3.19. The van der Waals surface area contributed by atoms with Gasteiger partial charge in [-0.05, 0) is 12.1 Å². The monoisotopic (exact) mass is 326 g/mol. The molecule has 0 fully saturated rings. The van der Waals surface area contributed by atoms with Crippen molar-refractivity contribution in [2.24, 2.45) is 0 Å². The van der Waals surface area contributed by atoms with Gasteiger partial charge < -0.3 is 13.9 Å². The summed E-state index contributed by atoms with van der Waals surface area (Å²) in [6.07, 6.45) is 2.30. The van der Waals surface area contributed by atoms with E-state index in [4.69, 9.17) is 4.42 Å². The molecule has 0 unspecified atom stereocenters. The standard InChI is InChI=1S/C17H18N4O3/c1-3-15-18-19-16(24-15)10-20(2)17(23)11-21-9-8-14(22)12-6-4-5-7-13(12)21/h4-9H,3,10-11H2,1-2H3. The van der Waals surface area contributed by atoms with Crippen LogP contribution in [0.1, 0.15) is 18.7 Å². The molecule has 0 radical (unpaired) electrons. The summed E-state index contributed by atoms with van der Waals surface area (Å²) in [4.78, 5) is 25.9. The van der Waals surface area contributed by atoms with E-state index in [9.17, 15) is 9.59 Å². The minimum atomic E-state index is -0.111. The van der Waals surface area contributed by atoms with Gasteiger partial charge in [-0.3, -0.25) is 9.59 Å². The lowest BCUT2D eigenvalue weighted by Crippen LogP contribution is -2.30. The maximum absolute atomic E-state index is 12.5. The second kappa shape index (κ2) is 6.66. The lowest BCUT2D eigenvalue weighted by molar-refractivity contribution is -0.131. The van der Waals surface area contributed by atoms with Crippen LogP contribution >= 0.6 is 0 Å². The normalized spacial score (nSPS) is 10.9. The van der Waals surface area contributed by atoms with Gasteiger partial charge in [-0.25, -0.2) is 0 Å². The number of para-hydroxylation sites is 1. The zero-order valence-corrected chi connectivity index (χ0v) is 13.6. The highest BCUT2D eigenvalue weighted by molar-refractivity contribution is 5.82. The van der Waals surface area contributed by atoms with E-state index in [0.717, 1.165) is 5.52 Å². The van der Waals surface area contributed by atoms with Gasteiger partial charge in [0.05, 0.1) is 12.1 Å². The highest BCUT2D eigenvalue weighted by atomic mass is 16.4. The summed E-state index contributed by atoms with van der Waals surface area (Å²) in [6, 6.07) is 8.71. The van der Waals surface area contributed by atoms with Crippen molar-refractivity contribution in [3.05, 3.63) is 58.5 Å². The summed E-state index contributed by atoms with van der Waals surface area (Å²) in [5.74, 6) is 0.852. The number of fused-ring (bicyclic) bond motifs is 1. The van der Waals surface area contributed by atoms with Gasteiger partial charge in [-0.15, -0.1) is 10.2 Å². The molecule has 0 saturated carbocycles. The fourth-order valence-electron chi connectivity index (χ4n) is 2.45. The van der Waals surface area contributed by atoms with Crippen LogP contribution in [0.5, 0.6) is 0 Å². The van der Waals surface area contributed by atoms with Crippen LogP contribution in [-0.4, -0.2) is 32.6 Å². The number of nitrogens with zero attached hydrogens (tertiary/aromatic N) is 4. The van der Waals surface area contributed by atoms with Crippen LogP contribution in [0, 0.1) is 0 Å². The molecular weight excluding hydrogens is 308 g/mol. The zero-order valence-electron chi connectivity index (χ0n) is 13.6. The van der Waals surface area contributed by atoms with Gasteiger partial charge in [-0.2, -0.15) is 0 Å². The summed E-state index contributed by atoms with van der Waals surface area (Å²) in [6.45, 7) is 2.31. The summed E-state index contributed by atoms with van der Waals surface area (Å²) < 4.78 is 7.19. The van der Waals surface area contributed by atoms with E-state index in [0.29, 0.717) is 23.6 Å². The molecule has 7 nitrogen and oxygen atoms in total. The largest absolute Gasteiger partial charge is 0.423 e. The maximum Gasteiger partial charge on any atom is 0.242 e. The van der Waals surface area contributed by atoms with Crippen LogP contribution in [0.25, 0.3) is 10.9 Å². The maximum atomic E-state index is 12.5. The first-order chi connectivity index (χ1) is 11.6. The first-order valence-corrected chi connectivity index (χ1v) is 7.72. The third-order valence-corrected chi connectivity index (χ3v) is 3.80. The van der Waals surface area contributed by atoms with Crippen molar-refractivity contribution in [3.63, 3.8) is 0 Å². The predicted molar refractivity (Wildman–Crippen MR) is 88.4 cm³/mol. The molecule has 24 heavy (non-hydrogen) atoms. The Hall–Kier alpha value is -2.96. The molecule has 0 N–H and O–H groups in total. The van der Waals surface area contributed by atoms with Crippen molar-refractivity contribution in [2.75, 3.05) is 7.05 Å². The Balaban J connectivity index is 1.77. The second-order valence-electron chi connectivity index (χ2n) is 5.52. The molecule has 0 aliphatic carbocycles. The first kappa shape index (κ1) is 15.9. The van der Waals surface area contributed by atoms with Gasteiger partial charge in [0.2, 0.25) is 17.7 Å². The fourth-order valence-corrected chi connectivity index (χ4v) is 2.45. The number of hydrogen-bond donors (Lipinski definition) is 0. The SMILES string of the molecule is CCc1nnc(CN(C)C(=O)Cn2ccc(=O)c3ccccc32)o1. The highest BCUT2D eigenvalue weighted by Crippen LogP contribution is 2.10. The summed E-state index contributed by atoms with van der Waals surface area (Å²) in [5.41, 5.74) is 0.679. The molecule has 0 saturated heterocycles. The molecule has 0 spiro atoms. The molecule has 0 atom stereocenters.